The van der Waals surface area contributed by atoms with Crippen LogP contribution in [0.2, 0.25) is 0 Å². The van der Waals surface area contributed by atoms with Crippen LogP contribution in [-0.2, 0) is 0 Å². The maximum absolute atomic E-state index is 5.43. The Bertz CT molecular complexity index is 390. The molecule has 0 bridgehead atoms. The second kappa shape index (κ2) is 7.08. The van der Waals surface area contributed by atoms with E-state index in [0.29, 0.717) is 23.8 Å². The minimum Gasteiger partial charge on any atom is -0.343 e. The predicted molar refractivity (Wildman–Crippen MR) is 79.3 cm³/mol. The van der Waals surface area contributed by atoms with Gasteiger partial charge in [0.15, 0.2) is 0 Å². The lowest BCUT2D eigenvalue weighted by Gasteiger charge is -2.23. The summed E-state index contributed by atoms with van der Waals surface area (Å²) in [5.41, 5.74) is 2.50. The molecule has 3 N–H and O–H groups in total. The molecule has 0 amide bonds. The highest BCUT2D eigenvalue weighted by atomic mass is 15.4. The number of nitrogens with zero attached hydrogens (tertiary/aromatic N) is 5. The van der Waals surface area contributed by atoms with Crippen LogP contribution in [-0.4, -0.2) is 41.6 Å². The molecule has 7 nitrogen and oxygen atoms in total. The Morgan fingerprint density at radius 2 is 1.68 bits per heavy atom. The van der Waals surface area contributed by atoms with Gasteiger partial charge >= 0.3 is 0 Å². The van der Waals surface area contributed by atoms with E-state index in [9.17, 15) is 0 Å². The van der Waals surface area contributed by atoms with Crippen LogP contribution in [0.4, 0.5) is 17.8 Å². The monoisotopic (exact) mass is 267 g/mol. The van der Waals surface area contributed by atoms with Gasteiger partial charge in [0.1, 0.15) is 0 Å². The lowest BCUT2D eigenvalue weighted by molar-refractivity contribution is 0.628. The van der Waals surface area contributed by atoms with Crippen molar-refractivity contribution in [1.29, 1.82) is 0 Å². The van der Waals surface area contributed by atoms with Gasteiger partial charge in [-0.3, -0.25) is 5.43 Å². The van der Waals surface area contributed by atoms with Gasteiger partial charge in [0.05, 0.1) is 0 Å². The van der Waals surface area contributed by atoms with Crippen LogP contribution in [0.25, 0.3) is 0 Å². The zero-order valence-corrected chi connectivity index (χ0v) is 12.5. The standard InChI is InChI=1S/C12H25N7/c1-6-19(7-2)12-15-10(17-13)14-11(16-12)18(5)8-9(3)4/h9H,6-8,13H2,1-5H3,(H,14,15,16,17). The third kappa shape index (κ3) is 4.20. The third-order valence-electron chi connectivity index (χ3n) is 2.77. The summed E-state index contributed by atoms with van der Waals surface area (Å²) >= 11 is 0. The largest absolute Gasteiger partial charge is 0.343 e. The van der Waals surface area contributed by atoms with Crippen molar-refractivity contribution in [3.05, 3.63) is 0 Å². The Balaban J connectivity index is 3.07. The molecule has 1 aromatic rings. The Morgan fingerprint density at radius 3 is 2.16 bits per heavy atom. The number of hydrogen-bond acceptors (Lipinski definition) is 7. The first-order chi connectivity index (χ1) is 9.01. The highest BCUT2D eigenvalue weighted by molar-refractivity contribution is 5.44. The quantitative estimate of drug-likeness (QED) is 0.565. The predicted octanol–water partition coefficient (Wildman–Crippen LogP) is 1.10. The number of aromatic nitrogens is 3. The van der Waals surface area contributed by atoms with Gasteiger partial charge in [-0.25, -0.2) is 5.84 Å². The van der Waals surface area contributed by atoms with Crippen LogP contribution in [0, 0.1) is 5.92 Å². The number of rotatable bonds is 7. The van der Waals surface area contributed by atoms with E-state index in [1.807, 2.05) is 11.9 Å². The number of hydrazine groups is 1. The normalized spacial score (nSPS) is 10.7. The lowest BCUT2D eigenvalue weighted by atomic mass is 10.2. The molecular formula is C12H25N7. The summed E-state index contributed by atoms with van der Waals surface area (Å²) in [5, 5.41) is 0. The fourth-order valence-corrected chi connectivity index (χ4v) is 1.87. The van der Waals surface area contributed by atoms with Crippen molar-refractivity contribution >= 4 is 17.8 Å². The summed E-state index contributed by atoms with van der Waals surface area (Å²) in [5.74, 6) is 7.65. The van der Waals surface area contributed by atoms with Crippen molar-refractivity contribution in [2.45, 2.75) is 27.7 Å². The molecule has 19 heavy (non-hydrogen) atoms. The van der Waals surface area contributed by atoms with Crippen molar-refractivity contribution in [2.75, 3.05) is 41.9 Å². The fraction of sp³-hybridized carbons (Fsp3) is 0.750. The Hall–Kier alpha value is -1.63. The zero-order valence-electron chi connectivity index (χ0n) is 12.5. The van der Waals surface area contributed by atoms with Crippen LogP contribution in [0.15, 0.2) is 0 Å². The van der Waals surface area contributed by atoms with Crippen LogP contribution in [0.1, 0.15) is 27.7 Å². The number of nitrogens with one attached hydrogen (secondary N) is 1. The molecule has 1 aromatic heterocycles. The van der Waals surface area contributed by atoms with Gasteiger partial charge in [-0.2, -0.15) is 15.0 Å². The lowest BCUT2D eigenvalue weighted by Crippen LogP contribution is -2.29. The summed E-state index contributed by atoms with van der Waals surface area (Å²) in [4.78, 5) is 17.2. The first-order valence-corrected chi connectivity index (χ1v) is 6.70. The molecule has 0 unspecified atom stereocenters. The maximum atomic E-state index is 5.43. The van der Waals surface area contributed by atoms with Gasteiger partial charge in [-0.1, -0.05) is 13.8 Å². The molecule has 0 fully saturated rings. The van der Waals surface area contributed by atoms with Gasteiger partial charge in [0.2, 0.25) is 17.8 Å². The van der Waals surface area contributed by atoms with Crippen LogP contribution in [0.5, 0.6) is 0 Å². The number of nitrogens with two attached hydrogens (primary N) is 1. The summed E-state index contributed by atoms with van der Waals surface area (Å²) < 4.78 is 0. The Morgan fingerprint density at radius 1 is 1.11 bits per heavy atom. The minimum atomic E-state index is 0.391. The summed E-state index contributed by atoms with van der Waals surface area (Å²) in [7, 11) is 1.97. The van der Waals surface area contributed by atoms with E-state index < -0.39 is 0 Å². The van der Waals surface area contributed by atoms with Crippen LogP contribution in [0.3, 0.4) is 0 Å². The van der Waals surface area contributed by atoms with E-state index in [1.165, 1.54) is 0 Å². The van der Waals surface area contributed by atoms with Gasteiger partial charge in [0.25, 0.3) is 0 Å². The summed E-state index contributed by atoms with van der Waals surface area (Å²) in [6.07, 6.45) is 0. The molecule has 1 heterocycles. The van der Waals surface area contributed by atoms with E-state index in [0.717, 1.165) is 19.6 Å². The Labute approximate surface area is 115 Å². The summed E-state index contributed by atoms with van der Waals surface area (Å²) in [6, 6.07) is 0. The number of hydrogen-bond donors (Lipinski definition) is 2. The Kier molecular flexibility index (Phi) is 5.75. The average molecular weight is 267 g/mol. The second-order valence-corrected chi connectivity index (χ2v) is 4.85. The maximum Gasteiger partial charge on any atom is 0.243 e. The summed E-state index contributed by atoms with van der Waals surface area (Å²) in [6.45, 7) is 11.0. The van der Waals surface area contributed by atoms with E-state index in [4.69, 9.17) is 5.84 Å². The van der Waals surface area contributed by atoms with Crippen LogP contribution >= 0.6 is 0 Å². The first kappa shape index (κ1) is 15.4. The average Bonchev–Trinajstić information content (AvgIpc) is 2.39. The van der Waals surface area contributed by atoms with Crippen molar-refractivity contribution in [3.63, 3.8) is 0 Å². The van der Waals surface area contributed by atoms with Gasteiger partial charge in [-0.05, 0) is 19.8 Å². The molecule has 0 saturated heterocycles. The SMILES string of the molecule is CCN(CC)c1nc(NN)nc(N(C)CC(C)C)n1. The fourth-order valence-electron chi connectivity index (χ4n) is 1.87. The number of anilines is 3. The molecular weight excluding hydrogens is 242 g/mol. The molecule has 0 aromatic carbocycles. The molecule has 0 aliphatic carbocycles. The molecule has 7 heteroatoms. The zero-order chi connectivity index (χ0) is 14.4. The van der Waals surface area contributed by atoms with Gasteiger partial charge < -0.3 is 9.80 Å². The van der Waals surface area contributed by atoms with E-state index in [1.54, 1.807) is 0 Å². The van der Waals surface area contributed by atoms with Crippen molar-refractivity contribution < 1.29 is 0 Å². The molecule has 0 aliphatic heterocycles. The van der Waals surface area contributed by atoms with Gasteiger partial charge in [-0.15, -0.1) is 0 Å². The highest BCUT2D eigenvalue weighted by Crippen LogP contribution is 2.16. The van der Waals surface area contributed by atoms with Crippen LogP contribution < -0.4 is 21.1 Å². The number of nitrogen functional groups attached to an aromatic ring is 1. The van der Waals surface area contributed by atoms with E-state index in [-0.39, 0.29) is 0 Å². The van der Waals surface area contributed by atoms with Crippen molar-refractivity contribution in [2.24, 2.45) is 11.8 Å². The molecule has 0 spiro atoms. The second-order valence-electron chi connectivity index (χ2n) is 4.85. The molecule has 1 rings (SSSR count). The molecule has 0 saturated carbocycles. The van der Waals surface area contributed by atoms with E-state index >= 15 is 0 Å². The topological polar surface area (TPSA) is 83.2 Å². The third-order valence-corrected chi connectivity index (χ3v) is 2.77. The molecule has 108 valence electrons. The van der Waals surface area contributed by atoms with E-state index in [2.05, 4.69) is 53.0 Å². The minimum absolute atomic E-state index is 0.391. The van der Waals surface area contributed by atoms with Crippen molar-refractivity contribution in [3.8, 4) is 0 Å². The molecule has 0 radical (unpaired) electrons. The van der Waals surface area contributed by atoms with Crippen molar-refractivity contribution in [1.82, 2.24) is 15.0 Å². The molecule has 0 aliphatic rings. The highest BCUT2D eigenvalue weighted by Gasteiger charge is 2.14. The molecule has 0 atom stereocenters. The smallest absolute Gasteiger partial charge is 0.243 e. The van der Waals surface area contributed by atoms with Gasteiger partial charge in [0, 0.05) is 26.7 Å². The first-order valence-electron chi connectivity index (χ1n) is 6.70.